The molecule has 0 amide bonds. The van der Waals surface area contributed by atoms with Crippen LogP contribution >= 0.6 is 0 Å². The molecule has 0 fully saturated rings. The molecule has 0 unspecified atom stereocenters. The van der Waals surface area contributed by atoms with Crippen LogP contribution in [-0.2, 0) is 6.54 Å². The number of nitrogens with zero attached hydrogens (tertiary/aromatic N) is 2. The summed E-state index contributed by atoms with van der Waals surface area (Å²) < 4.78 is 1.70. The van der Waals surface area contributed by atoms with Crippen molar-refractivity contribution >= 4 is 12.7 Å². The maximum atomic E-state index is 8.98. The average Bonchev–Trinajstić information content (AvgIpc) is 2.72. The first-order valence-corrected chi connectivity index (χ1v) is 5.52. The van der Waals surface area contributed by atoms with E-state index in [-0.39, 0.29) is 5.59 Å². The molecule has 0 spiro atoms. The smallest absolute Gasteiger partial charge is 0.422 e. The van der Waals surface area contributed by atoms with Crippen LogP contribution < -0.4 is 5.59 Å². The van der Waals surface area contributed by atoms with Crippen molar-refractivity contribution < 1.29 is 10.0 Å². The SMILES string of the molecule is Cc1ccc(C)c(Cn2ccc(B(O)O)n2)c1. The van der Waals surface area contributed by atoms with E-state index in [9.17, 15) is 0 Å². The zero-order valence-electron chi connectivity index (χ0n) is 9.96. The van der Waals surface area contributed by atoms with Crippen LogP contribution in [0.4, 0.5) is 0 Å². The summed E-state index contributed by atoms with van der Waals surface area (Å²) in [6.45, 7) is 4.75. The van der Waals surface area contributed by atoms with Gasteiger partial charge in [-0.2, -0.15) is 5.10 Å². The predicted molar refractivity (Wildman–Crippen MR) is 67.1 cm³/mol. The van der Waals surface area contributed by atoms with Gasteiger partial charge in [0.25, 0.3) is 0 Å². The Balaban J connectivity index is 2.22. The number of hydrogen-bond donors (Lipinski definition) is 2. The molecule has 2 aromatic rings. The Labute approximate surface area is 101 Å². The number of aromatic nitrogens is 2. The van der Waals surface area contributed by atoms with E-state index in [0.717, 1.165) is 0 Å². The highest BCUT2D eigenvalue weighted by molar-refractivity contribution is 6.57. The fraction of sp³-hybridized carbons (Fsp3) is 0.250. The maximum Gasteiger partial charge on any atom is 0.510 e. The van der Waals surface area contributed by atoms with Crippen LogP contribution in [-0.4, -0.2) is 26.9 Å². The second-order valence-electron chi connectivity index (χ2n) is 4.24. The van der Waals surface area contributed by atoms with E-state index in [1.54, 1.807) is 16.9 Å². The molecule has 0 saturated carbocycles. The van der Waals surface area contributed by atoms with Crippen molar-refractivity contribution in [3.05, 3.63) is 47.2 Å². The third-order valence-corrected chi connectivity index (χ3v) is 2.76. The zero-order chi connectivity index (χ0) is 12.4. The van der Waals surface area contributed by atoms with Crippen LogP contribution in [0.5, 0.6) is 0 Å². The summed E-state index contributed by atoms with van der Waals surface area (Å²) in [4.78, 5) is 0. The molecule has 0 saturated heterocycles. The van der Waals surface area contributed by atoms with E-state index in [1.165, 1.54) is 16.7 Å². The van der Waals surface area contributed by atoms with Gasteiger partial charge in [0, 0.05) is 6.20 Å². The Bertz CT molecular complexity index is 523. The van der Waals surface area contributed by atoms with Crippen molar-refractivity contribution in [3.63, 3.8) is 0 Å². The van der Waals surface area contributed by atoms with E-state index in [4.69, 9.17) is 10.0 Å². The highest BCUT2D eigenvalue weighted by Gasteiger charge is 2.14. The molecule has 2 rings (SSSR count). The minimum Gasteiger partial charge on any atom is -0.422 e. The highest BCUT2D eigenvalue weighted by atomic mass is 16.4. The van der Waals surface area contributed by atoms with Gasteiger partial charge in [-0.05, 0) is 31.0 Å². The Morgan fingerprint density at radius 3 is 2.65 bits per heavy atom. The van der Waals surface area contributed by atoms with Crippen LogP contribution in [0.15, 0.2) is 30.5 Å². The first-order chi connectivity index (χ1) is 8.06. The highest BCUT2D eigenvalue weighted by Crippen LogP contribution is 2.11. The molecular formula is C12H15BN2O2. The molecule has 2 N–H and O–H groups in total. The van der Waals surface area contributed by atoms with Crippen LogP contribution in [0, 0.1) is 13.8 Å². The van der Waals surface area contributed by atoms with Crippen LogP contribution in [0.1, 0.15) is 16.7 Å². The lowest BCUT2D eigenvalue weighted by Gasteiger charge is -2.07. The molecule has 88 valence electrons. The largest absolute Gasteiger partial charge is 0.510 e. The summed E-state index contributed by atoms with van der Waals surface area (Å²) in [7, 11) is -1.50. The van der Waals surface area contributed by atoms with Crippen molar-refractivity contribution in [1.29, 1.82) is 0 Å². The number of benzene rings is 1. The topological polar surface area (TPSA) is 58.3 Å². The predicted octanol–water partition coefficient (Wildman–Crippen LogP) is 0.228. The van der Waals surface area contributed by atoms with Crippen molar-refractivity contribution in [2.75, 3.05) is 0 Å². The Morgan fingerprint density at radius 1 is 1.24 bits per heavy atom. The van der Waals surface area contributed by atoms with E-state index >= 15 is 0 Å². The Hall–Kier alpha value is -1.59. The molecule has 0 atom stereocenters. The molecule has 4 nitrogen and oxygen atoms in total. The van der Waals surface area contributed by atoms with Crippen molar-refractivity contribution in [2.24, 2.45) is 0 Å². The molecule has 5 heteroatoms. The van der Waals surface area contributed by atoms with E-state index < -0.39 is 7.12 Å². The van der Waals surface area contributed by atoms with Gasteiger partial charge in [-0.1, -0.05) is 23.8 Å². The molecule has 0 aliphatic heterocycles. The molecule has 1 aromatic carbocycles. The summed E-state index contributed by atoms with van der Waals surface area (Å²) in [5.74, 6) is 0. The number of aryl methyl sites for hydroxylation is 2. The van der Waals surface area contributed by atoms with E-state index in [1.807, 2.05) is 0 Å². The molecule has 0 aliphatic rings. The minimum absolute atomic E-state index is 0.273. The second kappa shape index (κ2) is 4.73. The lowest BCUT2D eigenvalue weighted by Crippen LogP contribution is -2.31. The molecule has 1 heterocycles. The molecule has 1 aromatic heterocycles. The van der Waals surface area contributed by atoms with Gasteiger partial charge in [-0.25, -0.2) is 0 Å². The van der Waals surface area contributed by atoms with Gasteiger partial charge in [0.2, 0.25) is 0 Å². The fourth-order valence-electron chi connectivity index (χ4n) is 1.75. The van der Waals surface area contributed by atoms with Gasteiger partial charge in [-0.3, -0.25) is 4.68 Å². The second-order valence-corrected chi connectivity index (χ2v) is 4.24. The number of hydrogen-bond acceptors (Lipinski definition) is 3. The third kappa shape index (κ3) is 2.75. The summed E-state index contributed by atoms with van der Waals surface area (Å²) in [6, 6.07) is 7.88. The summed E-state index contributed by atoms with van der Waals surface area (Å²) in [5, 5.41) is 22.1. The number of rotatable bonds is 3. The standard InChI is InChI=1S/C12H15BN2O2/c1-9-3-4-10(2)11(7-9)8-15-6-5-12(14-15)13(16)17/h3-7,16-17H,8H2,1-2H3. The van der Waals surface area contributed by atoms with Crippen LogP contribution in [0.2, 0.25) is 0 Å². The first kappa shape index (κ1) is 11.9. The monoisotopic (exact) mass is 230 g/mol. The molecule has 0 radical (unpaired) electrons. The van der Waals surface area contributed by atoms with Gasteiger partial charge < -0.3 is 10.0 Å². The summed E-state index contributed by atoms with van der Waals surface area (Å²) in [5.41, 5.74) is 3.87. The fourth-order valence-corrected chi connectivity index (χ4v) is 1.75. The van der Waals surface area contributed by atoms with Crippen LogP contribution in [0.3, 0.4) is 0 Å². The molecule has 0 bridgehead atoms. The first-order valence-electron chi connectivity index (χ1n) is 5.52. The maximum absolute atomic E-state index is 8.98. The van der Waals surface area contributed by atoms with Crippen molar-refractivity contribution in [3.8, 4) is 0 Å². The lowest BCUT2D eigenvalue weighted by atomic mass is 9.87. The van der Waals surface area contributed by atoms with Gasteiger partial charge in [0.1, 0.15) is 0 Å². The minimum atomic E-state index is -1.50. The average molecular weight is 230 g/mol. The zero-order valence-corrected chi connectivity index (χ0v) is 9.96. The quantitative estimate of drug-likeness (QED) is 0.742. The third-order valence-electron chi connectivity index (χ3n) is 2.76. The Morgan fingerprint density at radius 2 is 2.00 bits per heavy atom. The van der Waals surface area contributed by atoms with E-state index in [2.05, 4.69) is 37.1 Å². The van der Waals surface area contributed by atoms with Crippen molar-refractivity contribution in [2.45, 2.75) is 20.4 Å². The van der Waals surface area contributed by atoms with Gasteiger partial charge in [0.15, 0.2) is 0 Å². The summed E-state index contributed by atoms with van der Waals surface area (Å²) in [6.07, 6.45) is 1.75. The van der Waals surface area contributed by atoms with Gasteiger partial charge in [-0.15, -0.1) is 0 Å². The molecular weight excluding hydrogens is 215 g/mol. The van der Waals surface area contributed by atoms with E-state index in [0.29, 0.717) is 6.54 Å². The molecule has 17 heavy (non-hydrogen) atoms. The summed E-state index contributed by atoms with van der Waals surface area (Å²) >= 11 is 0. The van der Waals surface area contributed by atoms with Crippen LogP contribution in [0.25, 0.3) is 0 Å². The molecule has 0 aliphatic carbocycles. The normalized spacial score (nSPS) is 10.6. The van der Waals surface area contributed by atoms with Gasteiger partial charge in [0.05, 0.1) is 12.1 Å². The Kier molecular flexibility index (Phi) is 3.31. The van der Waals surface area contributed by atoms with Gasteiger partial charge >= 0.3 is 7.12 Å². The lowest BCUT2D eigenvalue weighted by molar-refractivity contribution is 0.423. The van der Waals surface area contributed by atoms with Crippen molar-refractivity contribution in [1.82, 2.24) is 9.78 Å².